The molecule has 0 bridgehead atoms. The Morgan fingerprint density at radius 1 is 1.04 bits per heavy atom. The summed E-state index contributed by atoms with van der Waals surface area (Å²) in [5.74, 6) is 1.42. The van der Waals surface area contributed by atoms with Crippen LogP contribution in [0.1, 0.15) is 16.7 Å². The second-order valence-corrected chi connectivity index (χ2v) is 5.68. The molecule has 0 fully saturated rings. The number of hydrogen-bond acceptors (Lipinski definition) is 4. The number of rotatable bonds is 5. The third-order valence-corrected chi connectivity index (χ3v) is 3.79. The van der Waals surface area contributed by atoms with Crippen molar-refractivity contribution >= 4 is 41.5 Å². The monoisotopic (exact) mass is 379 g/mol. The maximum absolute atomic E-state index is 5.90. The highest BCUT2D eigenvalue weighted by Gasteiger charge is 2.04. The summed E-state index contributed by atoms with van der Waals surface area (Å²) >= 11 is 0. The van der Waals surface area contributed by atoms with Crippen LogP contribution in [0.4, 0.5) is 5.82 Å². The number of fused-ring (bicyclic) bond motifs is 1. The molecule has 0 aliphatic heterocycles. The van der Waals surface area contributed by atoms with Crippen LogP contribution in [0, 0.1) is 6.92 Å². The number of aromatic nitrogens is 1. The molecule has 0 unspecified atom stereocenters. The van der Waals surface area contributed by atoms with Gasteiger partial charge in [0.25, 0.3) is 0 Å². The minimum atomic E-state index is 0. The zero-order chi connectivity index (χ0) is 16.2. The Morgan fingerprint density at radius 2 is 1.84 bits per heavy atom. The van der Waals surface area contributed by atoms with Crippen LogP contribution in [0.3, 0.4) is 0 Å². The number of nitrogens with two attached hydrogens (primary N) is 1. The normalized spacial score (nSPS) is 10.0. The van der Waals surface area contributed by atoms with Gasteiger partial charge in [0.2, 0.25) is 0 Å². The van der Waals surface area contributed by atoms with E-state index in [4.69, 9.17) is 10.5 Å². The van der Waals surface area contributed by atoms with E-state index in [1.165, 1.54) is 5.56 Å². The van der Waals surface area contributed by atoms with Crippen molar-refractivity contribution in [1.29, 1.82) is 0 Å². The second kappa shape index (κ2) is 9.47. The summed E-state index contributed by atoms with van der Waals surface area (Å²) in [5, 5.41) is 4.26. The summed E-state index contributed by atoms with van der Waals surface area (Å²) < 4.78 is 5.90. The van der Waals surface area contributed by atoms with Crippen molar-refractivity contribution in [3.8, 4) is 5.75 Å². The minimum Gasteiger partial charge on any atom is -0.489 e. The van der Waals surface area contributed by atoms with E-state index in [9.17, 15) is 0 Å². The summed E-state index contributed by atoms with van der Waals surface area (Å²) in [6.07, 6.45) is 0. The van der Waals surface area contributed by atoms with Gasteiger partial charge in [-0.3, -0.25) is 0 Å². The molecule has 3 aromatic rings. The SMILES string of the molecule is CNCc1cccc(OCc2ccc3c(C)cc(N)nc3c2)c1.Cl.Cl. The van der Waals surface area contributed by atoms with E-state index in [-0.39, 0.29) is 24.8 Å². The Hall–Kier alpha value is -2.01. The van der Waals surface area contributed by atoms with Gasteiger partial charge >= 0.3 is 0 Å². The van der Waals surface area contributed by atoms with Crippen molar-refractivity contribution in [3.05, 3.63) is 65.2 Å². The minimum absolute atomic E-state index is 0. The molecule has 0 aliphatic rings. The lowest BCUT2D eigenvalue weighted by atomic mass is 10.1. The van der Waals surface area contributed by atoms with Gasteiger partial charge < -0.3 is 15.8 Å². The number of halogens is 2. The van der Waals surface area contributed by atoms with Gasteiger partial charge in [-0.1, -0.05) is 24.3 Å². The number of nitrogen functional groups attached to an aromatic ring is 1. The van der Waals surface area contributed by atoms with E-state index >= 15 is 0 Å². The highest BCUT2D eigenvalue weighted by Crippen LogP contribution is 2.21. The topological polar surface area (TPSA) is 60.2 Å². The van der Waals surface area contributed by atoms with Crippen LogP contribution in [-0.2, 0) is 13.2 Å². The first kappa shape index (κ1) is 21.0. The first-order valence-electron chi connectivity index (χ1n) is 7.68. The predicted molar refractivity (Wildman–Crippen MR) is 109 cm³/mol. The third-order valence-electron chi connectivity index (χ3n) is 3.79. The van der Waals surface area contributed by atoms with Gasteiger partial charge in [-0.2, -0.15) is 0 Å². The molecule has 1 aromatic heterocycles. The van der Waals surface area contributed by atoms with Crippen molar-refractivity contribution in [2.75, 3.05) is 12.8 Å². The summed E-state index contributed by atoms with van der Waals surface area (Å²) in [6, 6.07) is 16.2. The van der Waals surface area contributed by atoms with E-state index in [1.54, 1.807) is 0 Å². The molecule has 0 saturated carbocycles. The van der Waals surface area contributed by atoms with Crippen molar-refractivity contribution < 1.29 is 4.74 Å². The average Bonchev–Trinajstić information content (AvgIpc) is 2.53. The van der Waals surface area contributed by atoms with Crippen molar-refractivity contribution in [2.45, 2.75) is 20.1 Å². The lowest BCUT2D eigenvalue weighted by molar-refractivity contribution is 0.306. The average molecular weight is 380 g/mol. The number of anilines is 1. The first-order valence-corrected chi connectivity index (χ1v) is 7.68. The van der Waals surface area contributed by atoms with Crippen LogP contribution in [0.25, 0.3) is 10.9 Å². The van der Waals surface area contributed by atoms with Gasteiger partial charge in [-0.15, -0.1) is 24.8 Å². The molecule has 134 valence electrons. The zero-order valence-corrected chi connectivity index (χ0v) is 15.9. The fraction of sp³-hybridized carbons (Fsp3) is 0.211. The lowest BCUT2D eigenvalue weighted by Gasteiger charge is -2.10. The van der Waals surface area contributed by atoms with Crippen LogP contribution in [0.2, 0.25) is 0 Å². The third kappa shape index (κ3) is 5.23. The van der Waals surface area contributed by atoms with Crippen LogP contribution >= 0.6 is 24.8 Å². The Labute approximate surface area is 160 Å². The molecule has 0 amide bonds. The molecular formula is C19H23Cl2N3O. The molecular weight excluding hydrogens is 357 g/mol. The van der Waals surface area contributed by atoms with E-state index < -0.39 is 0 Å². The molecule has 3 rings (SSSR count). The van der Waals surface area contributed by atoms with E-state index in [1.807, 2.05) is 38.2 Å². The highest BCUT2D eigenvalue weighted by atomic mass is 35.5. The Kier molecular flexibility index (Phi) is 7.97. The molecule has 0 aliphatic carbocycles. The second-order valence-electron chi connectivity index (χ2n) is 5.68. The summed E-state index contributed by atoms with van der Waals surface area (Å²) in [5.41, 5.74) is 10.2. The Morgan fingerprint density at radius 3 is 2.60 bits per heavy atom. The molecule has 0 radical (unpaired) electrons. The number of aryl methyl sites for hydroxylation is 1. The number of pyridine rings is 1. The molecule has 2 aromatic carbocycles. The Balaban J connectivity index is 0.00000156. The number of nitrogens with zero attached hydrogens (tertiary/aromatic N) is 1. The predicted octanol–water partition coefficient (Wildman–Crippen LogP) is 4.27. The Bertz CT molecular complexity index is 840. The van der Waals surface area contributed by atoms with Crippen LogP contribution in [0.15, 0.2) is 48.5 Å². The van der Waals surface area contributed by atoms with Gasteiger partial charge in [0.15, 0.2) is 0 Å². The molecule has 4 nitrogen and oxygen atoms in total. The van der Waals surface area contributed by atoms with E-state index in [0.29, 0.717) is 12.4 Å². The molecule has 25 heavy (non-hydrogen) atoms. The van der Waals surface area contributed by atoms with Gasteiger partial charge in [0.1, 0.15) is 18.2 Å². The van der Waals surface area contributed by atoms with Crippen molar-refractivity contribution in [3.63, 3.8) is 0 Å². The molecule has 3 N–H and O–H groups in total. The molecule has 0 atom stereocenters. The van der Waals surface area contributed by atoms with Crippen molar-refractivity contribution in [1.82, 2.24) is 10.3 Å². The number of benzene rings is 2. The van der Waals surface area contributed by atoms with Gasteiger partial charge in [-0.25, -0.2) is 4.98 Å². The van der Waals surface area contributed by atoms with Crippen LogP contribution in [-0.4, -0.2) is 12.0 Å². The fourth-order valence-electron chi connectivity index (χ4n) is 2.68. The van der Waals surface area contributed by atoms with Gasteiger partial charge in [0, 0.05) is 11.9 Å². The smallest absolute Gasteiger partial charge is 0.124 e. The van der Waals surface area contributed by atoms with Gasteiger partial charge in [-0.05, 0) is 54.9 Å². The van der Waals surface area contributed by atoms with Crippen LogP contribution < -0.4 is 15.8 Å². The maximum atomic E-state index is 5.90. The molecule has 0 saturated heterocycles. The number of nitrogens with one attached hydrogen (secondary N) is 1. The zero-order valence-electron chi connectivity index (χ0n) is 14.3. The summed E-state index contributed by atoms with van der Waals surface area (Å²) in [4.78, 5) is 4.40. The fourth-order valence-corrected chi connectivity index (χ4v) is 2.68. The number of ether oxygens (including phenoxy) is 1. The summed E-state index contributed by atoms with van der Waals surface area (Å²) in [7, 11) is 1.93. The first-order chi connectivity index (χ1) is 11.2. The van der Waals surface area contributed by atoms with Crippen LogP contribution in [0.5, 0.6) is 5.75 Å². The highest BCUT2D eigenvalue weighted by molar-refractivity contribution is 5.86. The maximum Gasteiger partial charge on any atom is 0.124 e. The largest absolute Gasteiger partial charge is 0.489 e. The molecule has 1 heterocycles. The molecule has 6 heteroatoms. The van der Waals surface area contributed by atoms with E-state index in [0.717, 1.165) is 34.3 Å². The van der Waals surface area contributed by atoms with Crippen molar-refractivity contribution in [2.24, 2.45) is 0 Å². The number of hydrogen-bond donors (Lipinski definition) is 2. The standard InChI is InChI=1S/C19H21N3O.2ClH/c1-13-8-19(20)22-18-10-15(6-7-17(13)18)12-23-16-5-3-4-14(9-16)11-21-2;;/h3-10,21H,11-12H2,1-2H3,(H2,20,22);2*1H. The van der Waals surface area contributed by atoms with E-state index in [2.05, 4.69) is 34.6 Å². The van der Waals surface area contributed by atoms with Gasteiger partial charge in [0.05, 0.1) is 5.52 Å². The summed E-state index contributed by atoms with van der Waals surface area (Å²) in [6.45, 7) is 3.38. The quantitative estimate of drug-likeness (QED) is 0.694. The molecule has 0 spiro atoms. The lowest BCUT2D eigenvalue weighted by Crippen LogP contribution is -2.05.